The Labute approximate surface area is 216 Å². The number of aromatic nitrogens is 2. The minimum absolute atomic E-state index is 0.0259. The van der Waals surface area contributed by atoms with Gasteiger partial charge in [0.15, 0.2) is 5.82 Å². The number of piperidine rings is 1. The van der Waals surface area contributed by atoms with Crippen LogP contribution in [0.25, 0.3) is 11.0 Å². The molecule has 4 aromatic rings. The molecule has 0 saturated carbocycles. The van der Waals surface area contributed by atoms with Crippen LogP contribution in [-0.2, 0) is 17.8 Å². The molecule has 0 unspecified atom stereocenters. The Hall–Kier alpha value is -4.13. The molecule has 1 N–H and O–H groups in total. The smallest absolute Gasteiger partial charge is 0.294 e. The summed E-state index contributed by atoms with van der Waals surface area (Å²) in [6.45, 7) is 2.22. The third-order valence-corrected chi connectivity index (χ3v) is 6.96. The number of carbonyl (C=O) groups excluding carboxylic acids is 1. The number of rotatable bonds is 8. The lowest BCUT2D eigenvalue weighted by atomic mass is 9.97. The average molecular weight is 497 g/mol. The summed E-state index contributed by atoms with van der Waals surface area (Å²) in [6.07, 6.45) is 2.36. The maximum Gasteiger partial charge on any atom is 0.294 e. The minimum Gasteiger partial charge on any atom is -0.497 e. The summed E-state index contributed by atoms with van der Waals surface area (Å²) >= 11 is 0. The highest BCUT2D eigenvalue weighted by molar-refractivity contribution is 5.80. The van der Waals surface area contributed by atoms with Gasteiger partial charge in [0.05, 0.1) is 30.6 Å². The van der Waals surface area contributed by atoms with Crippen molar-refractivity contribution in [3.05, 3.63) is 100 Å². The summed E-state index contributed by atoms with van der Waals surface area (Å²) < 4.78 is 7.08. The minimum atomic E-state index is -0.186. The van der Waals surface area contributed by atoms with E-state index in [1.165, 1.54) is 0 Å². The Morgan fingerprint density at radius 3 is 2.65 bits per heavy atom. The van der Waals surface area contributed by atoms with Gasteiger partial charge in [-0.1, -0.05) is 54.6 Å². The quantitative estimate of drug-likeness (QED) is 0.399. The number of benzene rings is 3. The summed E-state index contributed by atoms with van der Waals surface area (Å²) in [4.78, 5) is 33.5. The van der Waals surface area contributed by atoms with E-state index in [1.807, 2.05) is 83.8 Å². The maximum absolute atomic E-state index is 13.7. The molecule has 7 nitrogen and oxygen atoms in total. The van der Waals surface area contributed by atoms with Crippen molar-refractivity contribution in [1.82, 2.24) is 14.9 Å². The van der Waals surface area contributed by atoms with Crippen LogP contribution in [0.5, 0.6) is 5.75 Å². The summed E-state index contributed by atoms with van der Waals surface area (Å²) in [7, 11) is 1.65. The fraction of sp³-hybridized carbons (Fsp3) is 0.300. The predicted octanol–water partition coefficient (Wildman–Crippen LogP) is 4.03. The normalized spacial score (nSPS) is 15.5. The molecule has 1 aliphatic rings. The van der Waals surface area contributed by atoms with Crippen molar-refractivity contribution in [3.63, 3.8) is 0 Å². The van der Waals surface area contributed by atoms with Gasteiger partial charge < -0.3 is 15.0 Å². The molecule has 1 aromatic heterocycles. The standard InChI is InChI=1S/C30H32N4O3/c1-37-25-13-7-11-22(19-25)16-17-31-29(35)24-12-8-18-33(21-24)28-30(36)34(20-23-9-3-2-4-10-23)27-15-6-5-14-26(27)32-28/h2-7,9-11,13-15,19,24H,8,12,16-18,20-21H2,1H3,(H,31,35)/t24-/m0/s1. The van der Waals surface area contributed by atoms with Crippen LogP contribution in [0.15, 0.2) is 83.7 Å². The molecule has 3 aromatic carbocycles. The molecular weight excluding hydrogens is 464 g/mol. The van der Waals surface area contributed by atoms with E-state index in [0.717, 1.165) is 47.2 Å². The second-order valence-corrected chi connectivity index (χ2v) is 9.48. The van der Waals surface area contributed by atoms with E-state index in [9.17, 15) is 9.59 Å². The highest BCUT2D eigenvalue weighted by Gasteiger charge is 2.28. The van der Waals surface area contributed by atoms with Crippen LogP contribution in [0.3, 0.4) is 0 Å². The van der Waals surface area contributed by atoms with Crippen LogP contribution in [-0.4, -0.2) is 42.2 Å². The number of methoxy groups -OCH3 is 1. The molecule has 1 atom stereocenters. The zero-order valence-corrected chi connectivity index (χ0v) is 21.1. The third-order valence-electron chi connectivity index (χ3n) is 6.96. The number of nitrogens with one attached hydrogen (secondary N) is 1. The van der Waals surface area contributed by atoms with Gasteiger partial charge in [-0.25, -0.2) is 4.98 Å². The Balaban J connectivity index is 1.32. The van der Waals surface area contributed by atoms with E-state index in [2.05, 4.69) is 5.32 Å². The monoisotopic (exact) mass is 496 g/mol. The number of fused-ring (bicyclic) bond motifs is 1. The van der Waals surface area contributed by atoms with Crippen molar-refractivity contribution in [3.8, 4) is 5.75 Å². The molecule has 0 radical (unpaired) electrons. The number of hydrogen-bond donors (Lipinski definition) is 1. The van der Waals surface area contributed by atoms with E-state index in [4.69, 9.17) is 9.72 Å². The number of nitrogens with zero attached hydrogens (tertiary/aromatic N) is 3. The largest absolute Gasteiger partial charge is 0.497 e. The van der Waals surface area contributed by atoms with Crippen molar-refractivity contribution in [1.29, 1.82) is 0 Å². The van der Waals surface area contributed by atoms with E-state index in [1.54, 1.807) is 11.7 Å². The molecule has 37 heavy (non-hydrogen) atoms. The third kappa shape index (κ3) is 5.66. The van der Waals surface area contributed by atoms with E-state index >= 15 is 0 Å². The first-order valence-corrected chi connectivity index (χ1v) is 12.8. The number of ether oxygens (including phenoxy) is 1. The summed E-state index contributed by atoms with van der Waals surface area (Å²) in [6, 6.07) is 25.6. The van der Waals surface area contributed by atoms with Gasteiger partial charge in [-0.2, -0.15) is 0 Å². The second kappa shape index (κ2) is 11.3. The van der Waals surface area contributed by atoms with E-state index < -0.39 is 0 Å². The van der Waals surface area contributed by atoms with Crippen molar-refractivity contribution >= 4 is 22.8 Å². The van der Waals surface area contributed by atoms with Gasteiger partial charge in [0.2, 0.25) is 5.91 Å². The number of para-hydroxylation sites is 2. The van der Waals surface area contributed by atoms with Crippen molar-refractivity contribution in [2.75, 3.05) is 31.6 Å². The zero-order chi connectivity index (χ0) is 25.6. The molecule has 1 fully saturated rings. The fourth-order valence-corrected chi connectivity index (χ4v) is 4.99. The molecule has 1 amide bonds. The molecule has 7 heteroatoms. The van der Waals surface area contributed by atoms with Crippen molar-refractivity contribution in [2.24, 2.45) is 5.92 Å². The van der Waals surface area contributed by atoms with Crippen LogP contribution >= 0.6 is 0 Å². The molecule has 2 heterocycles. The molecule has 1 aliphatic heterocycles. The zero-order valence-electron chi connectivity index (χ0n) is 21.1. The number of anilines is 1. The van der Waals surface area contributed by atoms with Gasteiger partial charge in [0.25, 0.3) is 5.56 Å². The van der Waals surface area contributed by atoms with Gasteiger partial charge in [0, 0.05) is 19.6 Å². The Morgan fingerprint density at radius 2 is 1.81 bits per heavy atom. The van der Waals surface area contributed by atoms with Gasteiger partial charge in [0.1, 0.15) is 5.75 Å². The molecule has 0 spiro atoms. The highest BCUT2D eigenvalue weighted by Crippen LogP contribution is 2.22. The fourth-order valence-electron chi connectivity index (χ4n) is 4.99. The highest BCUT2D eigenvalue weighted by atomic mass is 16.5. The molecule has 0 aliphatic carbocycles. The van der Waals surface area contributed by atoms with Gasteiger partial charge in [-0.05, 0) is 54.7 Å². The lowest BCUT2D eigenvalue weighted by Crippen LogP contribution is -2.46. The molecular formula is C30H32N4O3. The lowest BCUT2D eigenvalue weighted by Gasteiger charge is -2.32. The SMILES string of the molecule is COc1cccc(CCNC(=O)[C@H]2CCCN(c3nc4ccccc4n(Cc4ccccc4)c3=O)C2)c1. The predicted molar refractivity (Wildman–Crippen MR) is 146 cm³/mol. The maximum atomic E-state index is 13.7. The molecule has 1 saturated heterocycles. The van der Waals surface area contributed by atoms with Crippen molar-refractivity contribution < 1.29 is 9.53 Å². The first-order valence-electron chi connectivity index (χ1n) is 12.8. The number of carbonyl (C=O) groups is 1. The first kappa shape index (κ1) is 24.6. The first-order chi connectivity index (χ1) is 18.1. The average Bonchev–Trinajstić information content (AvgIpc) is 2.95. The lowest BCUT2D eigenvalue weighted by molar-refractivity contribution is -0.125. The Bertz CT molecular complexity index is 1430. The van der Waals surface area contributed by atoms with E-state index in [0.29, 0.717) is 32.0 Å². The summed E-state index contributed by atoms with van der Waals surface area (Å²) in [5.41, 5.74) is 3.63. The Kier molecular flexibility index (Phi) is 7.49. The van der Waals surface area contributed by atoms with E-state index in [-0.39, 0.29) is 17.4 Å². The van der Waals surface area contributed by atoms with Crippen LogP contribution < -0.4 is 20.5 Å². The molecule has 5 rings (SSSR count). The van der Waals surface area contributed by atoms with Crippen LogP contribution in [0.1, 0.15) is 24.0 Å². The molecule has 190 valence electrons. The van der Waals surface area contributed by atoms with Gasteiger partial charge in [-0.15, -0.1) is 0 Å². The topological polar surface area (TPSA) is 76.5 Å². The van der Waals surface area contributed by atoms with Crippen LogP contribution in [0.2, 0.25) is 0 Å². The summed E-state index contributed by atoms with van der Waals surface area (Å²) in [5, 5.41) is 3.09. The van der Waals surface area contributed by atoms with Crippen LogP contribution in [0, 0.1) is 5.92 Å². The van der Waals surface area contributed by atoms with Gasteiger partial charge >= 0.3 is 0 Å². The number of hydrogen-bond acceptors (Lipinski definition) is 5. The second-order valence-electron chi connectivity index (χ2n) is 9.48. The molecule has 0 bridgehead atoms. The summed E-state index contributed by atoms with van der Waals surface area (Å²) in [5.74, 6) is 1.07. The number of amides is 1. The van der Waals surface area contributed by atoms with Crippen molar-refractivity contribution in [2.45, 2.75) is 25.8 Å². The van der Waals surface area contributed by atoms with Crippen LogP contribution in [0.4, 0.5) is 5.82 Å². The van der Waals surface area contributed by atoms with Gasteiger partial charge in [-0.3, -0.25) is 14.2 Å². The Morgan fingerprint density at radius 1 is 1.03 bits per heavy atom.